The van der Waals surface area contributed by atoms with Gasteiger partial charge in [-0.3, -0.25) is 4.79 Å². The van der Waals surface area contributed by atoms with Crippen molar-refractivity contribution in [1.82, 2.24) is 0 Å². The molecule has 230 valence electrons. The minimum absolute atomic E-state index is 0.00522. The fourth-order valence-corrected chi connectivity index (χ4v) is 3.84. The lowest BCUT2D eigenvalue weighted by Crippen LogP contribution is -2.37. The Morgan fingerprint density at radius 2 is 1.31 bits per heavy atom. The minimum atomic E-state index is -1.09. The molecule has 0 radical (unpaired) electrons. The molecule has 2 aromatic rings. The van der Waals surface area contributed by atoms with E-state index in [1.807, 2.05) is 13.8 Å². The molecule has 4 atom stereocenters. The van der Waals surface area contributed by atoms with Gasteiger partial charge in [0, 0.05) is 0 Å². The van der Waals surface area contributed by atoms with E-state index < -0.39 is 36.4 Å². The lowest BCUT2D eigenvalue weighted by Gasteiger charge is -2.18. The number of hydrogen-bond donors (Lipinski definition) is 1. The number of rotatable bonds is 15. The van der Waals surface area contributed by atoms with Crippen molar-refractivity contribution in [2.45, 2.75) is 91.1 Å². The third kappa shape index (κ3) is 12.2. The molecule has 11 heteroatoms. The van der Waals surface area contributed by atoms with E-state index in [9.17, 15) is 19.2 Å². The second kappa shape index (κ2) is 17.6. The van der Waals surface area contributed by atoms with E-state index in [1.54, 1.807) is 57.2 Å². The van der Waals surface area contributed by atoms with Crippen LogP contribution in [0.1, 0.15) is 76.2 Å². The average molecular weight is 588 g/mol. The van der Waals surface area contributed by atoms with Crippen molar-refractivity contribution in [3.63, 3.8) is 0 Å². The van der Waals surface area contributed by atoms with Crippen LogP contribution < -0.4 is 15.2 Å². The van der Waals surface area contributed by atoms with Gasteiger partial charge in [-0.2, -0.15) is 0 Å². The van der Waals surface area contributed by atoms with Gasteiger partial charge in [-0.15, -0.1) is 0 Å². The number of hydrogen-bond acceptors (Lipinski definition) is 11. The van der Waals surface area contributed by atoms with Crippen LogP contribution in [-0.2, 0) is 30.2 Å². The van der Waals surface area contributed by atoms with Gasteiger partial charge in [-0.05, 0) is 69.9 Å². The molecule has 42 heavy (non-hydrogen) atoms. The quantitative estimate of drug-likeness (QED) is 0.154. The summed E-state index contributed by atoms with van der Waals surface area (Å²) in [6.45, 7) is 8.82. The summed E-state index contributed by atoms with van der Waals surface area (Å²) in [5, 5.41) is 0. The molecule has 2 unspecified atom stereocenters. The highest BCUT2D eigenvalue weighted by Crippen LogP contribution is 2.30. The number of nitrogens with two attached hydrogens (primary N) is 1. The van der Waals surface area contributed by atoms with Crippen LogP contribution in [-0.4, -0.2) is 55.2 Å². The van der Waals surface area contributed by atoms with Crippen LogP contribution in [0, 0.1) is 0 Å². The zero-order valence-electron chi connectivity index (χ0n) is 24.8. The second-order valence-corrected chi connectivity index (χ2v) is 9.94. The Hall–Kier alpha value is -4.12. The van der Waals surface area contributed by atoms with Crippen LogP contribution >= 0.6 is 0 Å². The maximum Gasteiger partial charge on any atom is 0.514 e. The van der Waals surface area contributed by atoms with E-state index in [2.05, 4.69) is 0 Å². The molecule has 2 N–H and O–H groups in total. The van der Waals surface area contributed by atoms with Gasteiger partial charge in [0.1, 0.15) is 31.0 Å². The maximum atomic E-state index is 12.6. The second-order valence-electron chi connectivity index (χ2n) is 9.94. The van der Waals surface area contributed by atoms with E-state index in [0.29, 0.717) is 24.0 Å². The topological polar surface area (TPSA) is 150 Å². The van der Waals surface area contributed by atoms with Gasteiger partial charge < -0.3 is 34.2 Å². The molecule has 11 nitrogen and oxygen atoms in total. The van der Waals surface area contributed by atoms with Crippen LogP contribution in [0.2, 0.25) is 0 Å². The summed E-state index contributed by atoms with van der Waals surface area (Å²) in [4.78, 5) is 49.4. The molecule has 0 aliphatic heterocycles. The lowest BCUT2D eigenvalue weighted by molar-refractivity contribution is -0.151. The monoisotopic (exact) mass is 587 g/mol. The van der Waals surface area contributed by atoms with Gasteiger partial charge in [0.2, 0.25) is 0 Å². The molecule has 0 aliphatic carbocycles. The summed E-state index contributed by atoms with van der Waals surface area (Å²) in [5.74, 6) is -1.44. The van der Waals surface area contributed by atoms with E-state index in [1.165, 1.54) is 12.1 Å². The summed E-state index contributed by atoms with van der Waals surface area (Å²) in [6, 6.07) is 11.7. The number of esters is 2. The Balaban J connectivity index is 2.05. The van der Waals surface area contributed by atoms with Gasteiger partial charge >= 0.3 is 24.2 Å². The van der Waals surface area contributed by atoms with Crippen molar-refractivity contribution in [3.8, 4) is 11.5 Å². The summed E-state index contributed by atoms with van der Waals surface area (Å²) in [6.07, 6.45) is -0.496. The molecular formula is C31H41NO10. The first-order chi connectivity index (χ1) is 20.0. The number of carbonyl (C=O) groups excluding carboxylic acids is 4. The number of benzene rings is 2. The Labute approximate surface area is 246 Å². The average Bonchev–Trinajstić information content (AvgIpc) is 2.93. The van der Waals surface area contributed by atoms with E-state index in [-0.39, 0.29) is 36.7 Å². The molecule has 0 amide bonds. The van der Waals surface area contributed by atoms with Gasteiger partial charge in [-0.1, -0.05) is 51.0 Å². The molecule has 0 fully saturated rings. The normalized spacial score (nSPS) is 13.6. The molecule has 0 aromatic heterocycles. The largest absolute Gasteiger partial charge is 0.514 e. The molecule has 2 aromatic carbocycles. The predicted octanol–water partition coefficient (Wildman–Crippen LogP) is 5.75. The molecule has 0 aliphatic rings. The van der Waals surface area contributed by atoms with Crippen LogP contribution in [0.5, 0.6) is 11.5 Å². The summed E-state index contributed by atoms with van der Waals surface area (Å²) < 4.78 is 31.7. The highest BCUT2D eigenvalue weighted by molar-refractivity contribution is 5.89. The Morgan fingerprint density at radius 3 is 1.88 bits per heavy atom. The lowest BCUT2D eigenvalue weighted by atomic mass is 10.1. The van der Waals surface area contributed by atoms with Crippen LogP contribution in [0.3, 0.4) is 0 Å². The molecular weight excluding hydrogens is 546 g/mol. The fraction of sp³-hybridized carbons (Fsp3) is 0.484. The first kappa shape index (κ1) is 34.1. The Kier molecular flexibility index (Phi) is 14.3. The number of carbonyl (C=O) groups is 4. The Morgan fingerprint density at radius 1 is 0.738 bits per heavy atom. The van der Waals surface area contributed by atoms with Crippen LogP contribution in [0.4, 0.5) is 9.59 Å². The molecule has 0 saturated carbocycles. The first-order valence-electron chi connectivity index (χ1n) is 14.1. The third-order valence-corrected chi connectivity index (χ3v) is 5.91. The highest BCUT2D eigenvalue weighted by Gasteiger charge is 2.23. The predicted molar refractivity (Wildman–Crippen MR) is 153 cm³/mol. The standard InChI is InChI=1S/C31H41NO10/c1-6-11-20(3)39-30(35)41-26-16-15-23(18-27(26)42-31(36)40-21(4)12-7-2)17-25(32)29(34)38-22(5)19-37-28(33)24-13-9-8-10-14-24/h8-10,13-16,18,20-22,25H,6-7,11-12,17,19,32H2,1-5H3/t20?,21?,22-,25-/m0/s1. The molecule has 0 bridgehead atoms. The van der Waals surface area contributed by atoms with E-state index in [0.717, 1.165) is 12.8 Å². The summed E-state index contributed by atoms with van der Waals surface area (Å²) in [5.41, 5.74) is 6.95. The summed E-state index contributed by atoms with van der Waals surface area (Å²) in [7, 11) is 0. The SMILES string of the molecule is CCCC(C)OC(=O)Oc1ccc(C[C@H](N)C(=O)O[C@@H](C)COC(=O)c2ccccc2)cc1OC(=O)OC(C)CCC. The first-order valence-corrected chi connectivity index (χ1v) is 14.1. The molecule has 0 spiro atoms. The highest BCUT2D eigenvalue weighted by atomic mass is 16.7. The molecule has 2 rings (SSSR count). The van der Waals surface area contributed by atoms with Crippen molar-refractivity contribution in [2.75, 3.05) is 6.61 Å². The van der Waals surface area contributed by atoms with Crippen molar-refractivity contribution in [2.24, 2.45) is 5.73 Å². The van der Waals surface area contributed by atoms with Crippen molar-refractivity contribution in [1.29, 1.82) is 0 Å². The van der Waals surface area contributed by atoms with Crippen molar-refractivity contribution in [3.05, 3.63) is 59.7 Å². The van der Waals surface area contributed by atoms with Gasteiger partial charge in [-0.25, -0.2) is 14.4 Å². The van der Waals surface area contributed by atoms with Crippen LogP contribution in [0.25, 0.3) is 0 Å². The Bertz CT molecular complexity index is 1170. The van der Waals surface area contributed by atoms with E-state index in [4.69, 9.17) is 34.2 Å². The van der Waals surface area contributed by atoms with Crippen molar-refractivity contribution < 1.29 is 47.6 Å². The fourth-order valence-electron chi connectivity index (χ4n) is 3.84. The number of ether oxygens (including phenoxy) is 6. The third-order valence-electron chi connectivity index (χ3n) is 5.91. The van der Waals surface area contributed by atoms with Gasteiger partial charge in [0.05, 0.1) is 5.56 Å². The summed E-state index contributed by atoms with van der Waals surface area (Å²) >= 11 is 0. The van der Waals surface area contributed by atoms with Crippen molar-refractivity contribution >= 4 is 24.2 Å². The van der Waals surface area contributed by atoms with Gasteiger partial charge in [0.25, 0.3) is 0 Å². The van der Waals surface area contributed by atoms with E-state index >= 15 is 0 Å². The van der Waals surface area contributed by atoms with Gasteiger partial charge in [0.15, 0.2) is 11.5 Å². The zero-order chi connectivity index (χ0) is 31.1. The zero-order valence-corrected chi connectivity index (χ0v) is 24.8. The smallest absolute Gasteiger partial charge is 0.458 e. The molecule has 0 heterocycles. The maximum absolute atomic E-state index is 12.6. The minimum Gasteiger partial charge on any atom is -0.458 e. The van der Waals surface area contributed by atoms with Crippen LogP contribution in [0.15, 0.2) is 48.5 Å². The molecule has 0 saturated heterocycles.